The first-order chi connectivity index (χ1) is 10.4. The Morgan fingerprint density at radius 2 is 2.00 bits per heavy atom. The van der Waals surface area contributed by atoms with Gasteiger partial charge in [-0.3, -0.25) is 0 Å². The van der Waals surface area contributed by atoms with E-state index in [1.54, 1.807) is 30.4 Å². The van der Waals surface area contributed by atoms with Crippen molar-refractivity contribution in [3.05, 3.63) is 45.5 Å². The number of thiophene rings is 1. The monoisotopic (exact) mass is 322 g/mol. The lowest BCUT2D eigenvalue weighted by molar-refractivity contribution is 0.0360. The molecule has 0 aliphatic heterocycles. The third kappa shape index (κ3) is 4.35. The minimum atomic E-state index is -1.23. The van der Waals surface area contributed by atoms with Crippen LogP contribution in [-0.4, -0.2) is 17.7 Å². The normalized spacial score (nSPS) is 13.6. The summed E-state index contributed by atoms with van der Waals surface area (Å²) in [6, 6.07) is 7.28. The number of carbonyl (C=O) groups is 1. The second-order valence-corrected chi connectivity index (χ2v) is 6.69. The molecule has 120 valence electrons. The van der Waals surface area contributed by atoms with Crippen LogP contribution in [-0.2, 0) is 18.6 Å². The topological polar surface area (TPSA) is 74.5 Å². The van der Waals surface area contributed by atoms with Gasteiger partial charge in [0.2, 0.25) is 0 Å². The van der Waals surface area contributed by atoms with Crippen LogP contribution < -0.4 is 10.6 Å². The number of furan rings is 1. The first kappa shape index (κ1) is 16.6. The average molecular weight is 322 g/mol. The van der Waals surface area contributed by atoms with Gasteiger partial charge in [0, 0.05) is 9.75 Å². The zero-order chi connectivity index (χ0) is 16.2. The highest BCUT2D eigenvalue weighted by Crippen LogP contribution is 2.22. The van der Waals surface area contributed by atoms with Crippen LogP contribution in [0.15, 0.2) is 28.7 Å². The van der Waals surface area contributed by atoms with E-state index in [0.717, 1.165) is 17.1 Å². The number of aryl methyl sites for hydroxylation is 2. The Balaban J connectivity index is 1.79. The number of amides is 2. The molecule has 0 spiro atoms. The molecule has 2 aromatic heterocycles. The third-order valence-electron chi connectivity index (χ3n) is 3.35. The SMILES string of the molecule is CCc1ccc(CNC(=O)NCC(C)(O)c2ccc(C)o2)s1. The molecule has 0 radical (unpaired) electrons. The lowest BCUT2D eigenvalue weighted by atomic mass is 10.0. The van der Waals surface area contributed by atoms with Crippen molar-refractivity contribution in [2.45, 2.75) is 39.3 Å². The lowest BCUT2D eigenvalue weighted by Gasteiger charge is -2.21. The molecule has 1 atom stereocenters. The summed E-state index contributed by atoms with van der Waals surface area (Å²) >= 11 is 1.69. The Hall–Kier alpha value is -1.79. The molecule has 0 aromatic carbocycles. The number of carbonyl (C=O) groups excluding carboxylic acids is 1. The van der Waals surface area contributed by atoms with Crippen LogP contribution in [0.2, 0.25) is 0 Å². The molecule has 22 heavy (non-hydrogen) atoms. The molecule has 2 aromatic rings. The molecule has 0 aliphatic rings. The van der Waals surface area contributed by atoms with Crippen molar-refractivity contribution in [2.75, 3.05) is 6.54 Å². The van der Waals surface area contributed by atoms with Crippen molar-refractivity contribution in [3.63, 3.8) is 0 Å². The summed E-state index contributed by atoms with van der Waals surface area (Å²) in [4.78, 5) is 14.2. The van der Waals surface area contributed by atoms with Gasteiger partial charge in [0.25, 0.3) is 0 Å². The molecule has 0 bridgehead atoms. The van der Waals surface area contributed by atoms with Crippen molar-refractivity contribution in [3.8, 4) is 0 Å². The van der Waals surface area contributed by atoms with E-state index in [2.05, 4.69) is 23.6 Å². The Kier molecular flexibility index (Phi) is 5.26. The van der Waals surface area contributed by atoms with Gasteiger partial charge in [0.1, 0.15) is 17.1 Å². The second kappa shape index (κ2) is 6.98. The van der Waals surface area contributed by atoms with Gasteiger partial charge in [-0.05, 0) is 44.5 Å². The molecule has 1 unspecified atom stereocenters. The summed E-state index contributed by atoms with van der Waals surface area (Å²) in [5.74, 6) is 1.17. The van der Waals surface area contributed by atoms with Gasteiger partial charge in [-0.15, -0.1) is 11.3 Å². The summed E-state index contributed by atoms with van der Waals surface area (Å²) in [6.07, 6.45) is 1.00. The molecule has 0 saturated heterocycles. The molecule has 0 saturated carbocycles. The van der Waals surface area contributed by atoms with Gasteiger partial charge >= 0.3 is 6.03 Å². The van der Waals surface area contributed by atoms with Crippen molar-refractivity contribution in [2.24, 2.45) is 0 Å². The van der Waals surface area contributed by atoms with E-state index in [-0.39, 0.29) is 12.6 Å². The fraction of sp³-hybridized carbons (Fsp3) is 0.438. The van der Waals surface area contributed by atoms with Crippen LogP contribution in [0.5, 0.6) is 0 Å². The van der Waals surface area contributed by atoms with E-state index in [0.29, 0.717) is 12.3 Å². The maximum atomic E-state index is 11.8. The molecule has 5 nitrogen and oxygen atoms in total. The number of urea groups is 1. The zero-order valence-electron chi connectivity index (χ0n) is 13.1. The Bertz CT molecular complexity index is 631. The van der Waals surface area contributed by atoms with Crippen molar-refractivity contribution < 1.29 is 14.3 Å². The molecular formula is C16H22N2O3S. The van der Waals surface area contributed by atoms with Gasteiger partial charge < -0.3 is 20.2 Å². The van der Waals surface area contributed by atoms with E-state index in [1.165, 1.54) is 4.88 Å². The predicted molar refractivity (Wildman–Crippen MR) is 87.0 cm³/mol. The third-order valence-corrected chi connectivity index (χ3v) is 4.58. The molecule has 0 fully saturated rings. The van der Waals surface area contributed by atoms with Crippen molar-refractivity contribution >= 4 is 17.4 Å². The maximum Gasteiger partial charge on any atom is 0.315 e. The average Bonchev–Trinajstić information content (AvgIpc) is 3.12. The van der Waals surface area contributed by atoms with Gasteiger partial charge in [-0.2, -0.15) is 0 Å². The fourth-order valence-corrected chi connectivity index (χ4v) is 2.90. The first-order valence-electron chi connectivity index (χ1n) is 7.29. The van der Waals surface area contributed by atoms with E-state index in [1.807, 2.05) is 13.0 Å². The van der Waals surface area contributed by atoms with E-state index >= 15 is 0 Å². The standard InChI is InChI=1S/C16H22N2O3S/c1-4-12-6-7-13(22-12)9-17-15(19)18-10-16(3,20)14-8-5-11(2)21-14/h5-8,20H,4,9-10H2,1-3H3,(H2,17,18,19). The van der Waals surface area contributed by atoms with Crippen LogP contribution in [0.3, 0.4) is 0 Å². The van der Waals surface area contributed by atoms with Crippen molar-refractivity contribution in [1.82, 2.24) is 10.6 Å². The van der Waals surface area contributed by atoms with Crippen LogP contribution in [0.1, 0.15) is 35.1 Å². The first-order valence-corrected chi connectivity index (χ1v) is 8.11. The molecule has 6 heteroatoms. The molecule has 3 N–H and O–H groups in total. The largest absolute Gasteiger partial charge is 0.463 e. The highest BCUT2D eigenvalue weighted by Gasteiger charge is 2.27. The van der Waals surface area contributed by atoms with E-state index in [9.17, 15) is 9.90 Å². The molecular weight excluding hydrogens is 300 g/mol. The molecule has 2 heterocycles. The molecule has 2 rings (SSSR count). The fourth-order valence-electron chi connectivity index (χ4n) is 2.00. The zero-order valence-corrected chi connectivity index (χ0v) is 13.9. The van der Waals surface area contributed by atoms with Crippen LogP contribution in [0, 0.1) is 6.92 Å². The Morgan fingerprint density at radius 1 is 1.27 bits per heavy atom. The maximum absolute atomic E-state index is 11.8. The quantitative estimate of drug-likeness (QED) is 0.765. The summed E-state index contributed by atoms with van der Waals surface area (Å²) in [6.45, 7) is 6.09. The van der Waals surface area contributed by atoms with Gasteiger partial charge in [-0.25, -0.2) is 4.79 Å². The smallest absolute Gasteiger partial charge is 0.315 e. The lowest BCUT2D eigenvalue weighted by Crippen LogP contribution is -2.43. The summed E-state index contributed by atoms with van der Waals surface area (Å²) < 4.78 is 5.40. The number of aliphatic hydroxyl groups is 1. The van der Waals surface area contributed by atoms with Crippen LogP contribution in [0.25, 0.3) is 0 Å². The van der Waals surface area contributed by atoms with Crippen LogP contribution in [0.4, 0.5) is 4.79 Å². The Morgan fingerprint density at radius 3 is 2.59 bits per heavy atom. The number of rotatable bonds is 6. The highest BCUT2D eigenvalue weighted by molar-refractivity contribution is 7.11. The van der Waals surface area contributed by atoms with Crippen LogP contribution >= 0.6 is 11.3 Å². The summed E-state index contributed by atoms with van der Waals surface area (Å²) in [7, 11) is 0. The summed E-state index contributed by atoms with van der Waals surface area (Å²) in [5, 5.41) is 15.8. The minimum absolute atomic E-state index is 0.0798. The Labute approximate surface area is 134 Å². The van der Waals surface area contributed by atoms with Gasteiger partial charge in [-0.1, -0.05) is 6.92 Å². The van der Waals surface area contributed by atoms with E-state index < -0.39 is 5.60 Å². The molecule has 0 aliphatic carbocycles. The van der Waals surface area contributed by atoms with Gasteiger partial charge in [0.05, 0.1) is 13.1 Å². The van der Waals surface area contributed by atoms with Gasteiger partial charge in [0.15, 0.2) is 0 Å². The highest BCUT2D eigenvalue weighted by atomic mass is 32.1. The second-order valence-electron chi connectivity index (χ2n) is 5.44. The summed E-state index contributed by atoms with van der Waals surface area (Å²) in [5.41, 5.74) is -1.23. The minimum Gasteiger partial charge on any atom is -0.463 e. The molecule has 2 amide bonds. The predicted octanol–water partition coefficient (Wildman–Crippen LogP) is 2.92. The number of hydrogen-bond acceptors (Lipinski definition) is 4. The van der Waals surface area contributed by atoms with E-state index in [4.69, 9.17) is 4.42 Å². The number of nitrogens with one attached hydrogen (secondary N) is 2. The van der Waals surface area contributed by atoms with Crippen molar-refractivity contribution in [1.29, 1.82) is 0 Å². The number of hydrogen-bond donors (Lipinski definition) is 3.